The summed E-state index contributed by atoms with van der Waals surface area (Å²) in [5, 5.41) is 11.8. The van der Waals surface area contributed by atoms with Crippen LogP contribution in [0.4, 0.5) is 5.69 Å². The standard InChI is InChI=1S/C14H11ClN2O4/c15-10-3-1-2-4-12(10)21-8-13(18)17-11-7-16-6-5-9(11)14(19)20/h1-7H,8H2,(H,17,18)(H,19,20). The summed E-state index contributed by atoms with van der Waals surface area (Å²) in [5.74, 6) is -1.29. The SMILES string of the molecule is O=C(COc1ccccc1Cl)Nc1cnccc1C(=O)O. The molecule has 6 nitrogen and oxygen atoms in total. The maximum atomic E-state index is 11.8. The van der Waals surface area contributed by atoms with Crippen molar-refractivity contribution in [3.63, 3.8) is 0 Å². The van der Waals surface area contributed by atoms with Crippen molar-refractivity contribution in [3.05, 3.63) is 53.3 Å². The van der Waals surface area contributed by atoms with Crippen molar-refractivity contribution in [1.29, 1.82) is 0 Å². The number of carbonyl (C=O) groups excluding carboxylic acids is 1. The fourth-order valence-electron chi connectivity index (χ4n) is 1.57. The first kappa shape index (κ1) is 14.8. The van der Waals surface area contributed by atoms with Gasteiger partial charge in [-0.2, -0.15) is 0 Å². The van der Waals surface area contributed by atoms with Crippen LogP contribution in [-0.2, 0) is 4.79 Å². The number of anilines is 1. The predicted octanol–water partition coefficient (Wildman–Crippen LogP) is 2.45. The average molecular weight is 307 g/mol. The number of halogens is 1. The Kier molecular flexibility index (Phi) is 4.73. The van der Waals surface area contributed by atoms with Gasteiger partial charge >= 0.3 is 5.97 Å². The smallest absolute Gasteiger partial charge is 0.337 e. The monoisotopic (exact) mass is 306 g/mol. The van der Waals surface area contributed by atoms with Crippen LogP contribution in [0.5, 0.6) is 5.75 Å². The highest BCUT2D eigenvalue weighted by Crippen LogP contribution is 2.23. The van der Waals surface area contributed by atoms with E-state index in [4.69, 9.17) is 21.4 Å². The Hall–Kier alpha value is -2.60. The number of rotatable bonds is 5. The summed E-state index contributed by atoms with van der Waals surface area (Å²) in [7, 11) is 0. The molecule has 0 aliphatic carbocycles. The summed E-state index contributed by atoms with van der Waals surface area (Å²) in [4.78, 5) is 26.5. The van der Waals surface area contributed by atoms with Crippen LogP contribution in [0.3, 0.4) is 0 Å². The third kappa shape index (κ3) is 3.93. The number of benzene rings is 1. The first-order valence-electron chi connectivity index (χ1n) is 5.92. The molecule has 2 rings (SSSR count). The fraction of sp³-hybridized carbons (Fsp3) is 0.0714. The van der Waals surface area contributed by atoms with Crippen LogP contribution in [0.2, 0.25) is 5.02 Å². The number of nitrogens with zero attached hydrogens (tertiary/aromatic N) is 1. The molecule has 1 heterocycles. The average Bonchev–Trinajstić information content (AvgIpc) is 2.47. The summed E-state index contributed by atoms with van der Waals surface area (Å²) in [5.41, 5.74) is 0.0638. The molecule has 0 atom stereocenters. The highest BCUT2D eigenvalue weighted by atomic mass is 35.5. The Balaban J connectivity index is 2.00. The molecule has 1 amide bonds. The maximum absolute atomic E-state index is 11.8. The van der Waals surface area contributed by atoms with Gasteiger partial charge in [-0.1, -0.05) is 23.7 Å². The third-order valence-corrected chi connectivity index (χ3v) is 2.83. The van der Waals surface area contributed by atoms with Crippen molar-refractivity contribution in [2.24, 2.45) is 0 Å². The first-order valence-corrected chi connectivity index (χ1v) is 6.30. The van der Waals surface area contributed by atoms with Crippen LogP contribution in [0.15, 0.2) is 42.7 Å². The number of carboxylic acid groups (broad SMARTS) is 1. The van der Waals surface area contributed by atoms with Gasteiger partial charge in [0, 0.05) is 6.20 Å². The molecule has 108 valence electrons. The largest absolute Gasteiger partial charge is 0.482 e. The van der Waals surface area contributed by atoms with E-state index in [0.29, 0.717) is 10.8 Å². The zero-order valence-corrected chi connectivity index (χ0v) is 11.5. The molecule has 2 aromatic rings. The second kappa shape index (κ2) is 6.71. The number of aromatic carboxylic acids is 1. The number of nitrogens with one attached hydrogen (secondary N) is 1. The lowest BCUT2D eigenvalue weighted by Gasteiger charge is -2.09. The number of carboxylic acids is 1. The lowest BCUT2D eigenvalue weighted by molar-refractivity contribution is -0.118. The number of para-hydroxylation sites is 1. The molecule has 7 heteroatoms. The van der Waals surface area contributed by atoms with Gasteiger partial charge in [0.25, 0.3) is 5.91 Å². The lowest BCUT2D eigenvalue weighted by atomic mass is 10.2. The van der Waals surface area contributed by atoms with E-state index in [2.05, 4.69) is 10.3 Å². The quantitative estimate of drug-likeness (QED) is 0.885. The van der Waals surface area contributed by atoms with Gasteiger partial charge in [-0.25, -0.2) is 4.79 Å². The van der Waals surface area contributed by atoms with Crippen LogP contribution >= 0.6 is 11.6 Å². The zero-order valence-electron chi connectivity index (χ0n) is 10.7. The Morgan fingerprint density at radius 3 is 2.76 bits per heavy atom. The number of aromatic nitrogens is 1. The number of amides is 1. The summed E-state index contributed by atoms with van der Waals surface area (Å²) in [6, 6.07) is 8.03. The van der Waals surface area contributed by atoms with Gasteiger partial charge in [0.1, 0.15) is 5.75 Å². The van der Waals surface area contributed by atoms with Gasteiger partial charge in [0.2, 0.25) is 0 Å². The number of hydrogen-bond acceptors (Lipinski definition) is 4. The third-order valence-electron chi connectivity index (χ3n) is 2.52. The summed E-state index contributed by atoms with van der Waals surface area (Å²) in [6.45, 7) is -0.294. The summed E-state index contributed by atoms with van der Waals surface area (Å²) < 4.78 is 5.26. The first-order chi connectivity index (χ1) is 10.1. The molecular weight excluding hydrogens is 296 g/mol. The molecule has 0 aliphatic rings. The van der Waals surface area contributed by atoms with Crippen molar-refractivity contribution in [2.75, 3.05) is 11.9 Å². The molecule has 1 aromatic heterocycles. The minimum atomic E-state index is -1.15. The number of carbonyl (C=O) groups is 2. The molecule has 2 N–H and O–H groups in total. The van der Waals surface area contributed by atoms with Crippen LogP contribution in [0.25, 0.3) is 0 Å². The van der Waals surface area contributed by atoms with Crippen molar-refractivity contribution >= 4 is 29.2 Å². The van der Waals surface area contributed by atoms with E-state index in [9.17, 15) is 9.59 Å². The van der Waals surface area contributed by atoms with Gasteiger partial charge < -0.3 is 15.2 Å². The summed E-state index contributed by atoms with van der Waals surface area (Å²) in [6.07, 6.45) is 2.59. The number of pyridine rings is 1. The van der Waals surface area contributed by atoms with Gasteiger partial charge in [-0.3, -0.25) is 9.78 Å². The Morgan fingerprint density at radius 2 is 2.05 bits per heavy atom. The van der Waals surface area contributed by atoms with Gasteiger partial charge in [-0.05, 0) is 18.2 Å². The van der Waals surface area contributed by atoms with E-state index >= 15 is 0 Å². The van der Waals surface area contributed by atoms with Crippen LogP contribution < -0.4 is 10.1 Å². The Morgan fingerprint density at radius 1 is 1.29 bits per heavy atom. The maximum Gasteiger partial charge on any atom is 0.337 e. The molecule has 21 heavy (non-hydrogen) atoms. The number of ether oxygens (including phenoxy) is 1. The van der Waals surface area contributed by atoms with Gasteiger partial charge in [0.05, 0.1) is 22.5 Å². The van der Waals surface area contributed by atoms with Crippen LogP contribution in [0, 0.1) is 0 Å². The molecule has 0 spiro atoms. The van der Waals surface area contributed by atoms with Crippen molar-refractivity contribution in [2.45, 2.75) is 0 Å². The molecular formula is C14H11ClN2O4. The molecule has 0 unspecified atom stereocenters. The minimum Gasteiger partial charge on any atom is -0.482 e. The topological polar surface area (TPSA) is 88.5 Å². The molecule has 0 saturated carbocycles. The van der Waals surface area contributed by atoms with Crippen molar-refractivity contribution < 1.29 is 19.4 Å². The molecule has 0 fully saturated rings. The Labute approximate surface area is 125 Å². The Bertz CT molecular complexity index is 676. The van der Waals surface area contributed by atoms with Crippen molar-refractivity contribution in [1.82, 2.24) is 4.98 Å². The number of hydrogen-bond donors (Lipinski definition) is 2. The highest BCUT2D eigenvalue weighted by Gasteiger charge is 2.13. The minimum absolute atomic E-state index is 0.0453. The van der Waals surface area contributed by atoms with Crippen molar-refractivity contribution in [3.8, 4) is 5.75 Å². The van der Waals surface area contributed by atoms with Crippen LogP contribution in [-0.4, -0.2) is 28.6 Å². The second-order valence-corrected chi connectivity index (χ2v) is 4.40. The lowest BCUT2D eigenvalue weighted by Crippen LogP contribution is -2.21. The molecule has 0 saturated heterocycles. The summed E-state index contributed by atoms with van der Waals surface area (Å²) >= 11 is 5.89. The normalized spacial score (nSPS) is 9.95. The highest BCUT2D eigenvalue weighted by molar-refractivity contribution is 6.32. The van der Waals surface area contributed by atoms with Gasteiger partial charge in [0.15, 0.2) is 6.61 Å². The van der Waals surface area contributed by atoms with E-state index in [0.717, 1.165) is 0 Å². The molecule has 0 bridgehead atoms. The van der Waals surface area contributed by atoms with E-state index < -0.39 is 11.9 Å². The fourth-order valence-corrected chi connectivity index (χ4v) is 1.76. The van der Waals surface area contributed by atoms with E-state index in [1.165, 1.54) is 18.5 Å². The molecule has 1 aromatic carbocycles. The van der Waals surface area contributed by atoms with E-state index in [-0.39, 0.29) is 17.9 Å². The molecule has 0 radical (unpaired) electrons. The molecule has 0 aliphatic heterocycles. The van der Waals surface area contributed by atoms with Gasteiger partial charge in [-0.15, -0.1) is 0 Å². The second-order valence-electron chi connectivity index (χ2n) is 3.99. The van der Waals surface area contributed by atoms with E-state index in [1.807, 2.05) is 0 Å². The predicted molar refractivity (Wildman–Crippen MR) is 76.8 cm³/mol. The van der Waals surface area contributed by atoms with E-state index in [1.54, 1.807) is 24.3 Å². The zero-order chi connectivity index (χ0) is 15.2. The van der Waals surface area contributed by atoms with Crippen LogP contribution in [0.1, 0.15) is 10.4 Å².